The summed E-state index contributed by atoms with van der Waals surface area (Å²) in [5.41, 5.74) is 1.05. The summed E-state index contributed by atoms with van der Waals surface area (Å²) in [4.78, 5) is 23.1. The summed E-state index contributed by atoms with van der Waals surface area (Å²) in [5, 5.41) is 8.56. The maximum Gasteiger partial charge on any atom is 0.237 e. The van der Waals surface area contributed by atoms with Crippen LogP contribution in [0, 0.1) is 0 Å². The second-order valence-electron chi connectivity index (χ2n) is 4.26. The van der Waals surface area contributed by atoms with Gasteiger partial charge >= 0.3 is 0 Å². The molecule has 1 fully saturated rings. The van der Waals surface area contributed by atoms with Gasteiger partial charge in [0.05, 0.1) is 12.5 Å². The van der Waals surface area contributed by atoms with Crippen LogP contribution in [0.4, 0.5) is 0 Å². The summed E-state index contributed by atoms with van der Waals surface area (Å²) in [5.74, 6) is -0.218. The van der Waals surface area contributed by atoms with Crippen molar-refractivity contribution in [2.75, 3.05) is 13.1 Å². The van der Waals surface area contributed by atoms with Crippen LogP contribution in [0.2, 0.25) is 0 Å². The van der Waals surface area contributed by atoms with Crippen molar-refractivity contribution < 1.29 is 9.59 Å². The van der Waals surface area contributed by atoms with Gasteiger partial charge in [0, 0.05) is 19.6 Å². The van der Waals surface area contributed by atoms with Gasteiger partial charge in [-0.25, -0.2) is 0 Å². The fourth-order valence-electron chi connectivity index (χ4n) is 1.87. The summed E-state index contributed by atoms with van der Waals surface area (Å²) >= 11 is 0. The van der Waals surface area contributed by atoms with E-state index in [0.717, 1.165) is 5.56 Å². The molecule has 1 aliphatic rings. The van der Waals surface area contributed by atoms with Gasteiger partial charge in [-0.05, 0) is 5.56 Å². The molecule has 2 rings (SSSR count). The van der Waals surface area contributed by atoms with Crippen molar-refractivity contribution in [2.45, 2.75) is 19.0 Å². The van der Waals surface area contributed by atoms with Crippen LogP contribution in [-0.2, 0) is 16.1 Å². The molecule has 18 heavy (non-hydrogen) atoms. The zero-order valence-electron chi connectivity index (χ0n) is 10.1. The Morgan fingerprint density at radius 2 is 2.06 bits per heavy atom. The molecule has 0 spiro atoms. The van der Waals surface area contributed by atoms with Crippen LogP contribution in [0.25, 0.3) is 0 Å². The number of rotatable bonds is 4. The minimum Gasteiger partial charge on any atom is -0.353 e. The topological polar surface area (TPSA) is 70.2 Å². The van der Waals surface area contributed by atoms with E-state index in [-0.39, 0.29) is 18.2 Å². The lowest BCUT2D eigenvalue weighted by Gasteiger charge is -2.22. The lowest BCUT2D eigenvalue weighted by molar-refractivity contribution is -0.129. The average Bonchev–Trinajstić information content (AvgIpc) is 2.40. The first-order chi connectivity index (χ1) is 8.75. The van der Waals surface area contributed by atoms with Crippen LogP contribution in [0.1, 0.15) is 12.0 Å². The SMILES string of the molecule is O=C(CC1NCCNC1=O)NCc1ccccc1. The Labute approximate surface area is 106 Å². The highest BCUT2D eigenvalue weighted by atomic mass is 16.2. The van der Waals surface area contributed by atoms with Crippen LogP contribution in [0.15, 0.2) is 30.3 Å². The molecule has 5 nitrogen and oxygen atoms in total. The van der Waals surface area contributed by atoms with E-state index in [2.05, 4.69) is 16.0 Å². The summed E-state index contributed by atoms with van der Waals surface area (Å²) < 4.78 is 0. The Balaban J connectivity index is 1.76. The van der Waals surface area contributed by atoms with Gasteiger partial charge in [0.25, 0.3) is 0 Å². The third-order valence-corrected chi connectivity index (χ3v) is 2.85. The standard InChI is InChI=1S/C13H17N3O2/c17-12(8-11-13(18)15-7-6-14-11)16-9-10-4-2-1-3-5-10/h1-5,11,14H,6-9H2,(H,15,18)(H,16,17). The van der Waals surface area contributed by atoms with Crippen LogP contribution in [-0.4, -0.2) is 30.9 Å². The van der Waals surface area contributed by atoms with E-state index in [4.69, 9.17) is 0 Å². The molecule has 1 saturated heterocycles. The number of amides is 2. The van der Waals surface area contributed by atoms with E-state index < -0.39 is 6.04 Å². The van der Waals surface area contributed by atoms with Crippen molar-refractivity contribution in [1.82, 2.24) is 16.0 Å². The molecular formula is C13H17N3O2. The van der Waals surface area contributed by atoms with Crippen LogP contribution in [0.3, 0.4) is 0 Å². The van der Waals surface area contributed by atoms with E-state index in [1.165, 1.54) is 0 Å². The molecule has 0 radical (unpaired) electrons. The predicted octanol–water partition coefficient (Wildman–Crippen LogP) is -0.219. The van der Waals surface area contributed by atoms with Gasteiger partial charge in [0.2, 0.25) is 11.8 Å². The molecule has 96 valence electrons. The number of carbonyl (C=O) groups is 2. The molecule has 1 aromatic rings. The van der Waals surface area contributed by atoms with Gasteiger partial charge in [-0.3, -0.25) is 9.59 Å². The third kappa shape index (κ3) is 3.56. The maximum atomic E-state index is 11.7. The minimum atomic E-state index is -0.408. The Hall–Kier alpha value is -1.88. The van der Waals surface area contributed by atoms with Crippen LogP contribution in [0.5, 0.6) is 0 Å². The molecule has 1 atom stereocenters. The van der Waals surface area contributed by atoms with Gasteiger partial charge in [-0.2, -0.15) is 0 Å². The van der Waals surface area contributed by atoms with E-state index >= 15 is 0 Å². The Bertz CT molecular complexity index is 420. The van der Waals surface area contributed by atoms with Crippen molar-refractivity contribution in [3.63, 3.8) is 0 Å². The molecule has 1 aliphatic heterocycles. The van der Waals surface area contributed by atoms with Crippen LogP contribution >= 0.6 is 0 Å². The molecule has 0 aromatic heterocycles. The first kappa shape index (κ1) is 12.6. The molecule has 0 saturated carbocycles. The number of piperazine rings is 1. The average molecular weight is 247 g/mol. The maximum absolute atomic E-state index is 11.7. The molecule has 3 N–H and O–H groups in total. The first-order valence-corrected chi connectivity index (χ1v) is 6.07. The summed E-state index contributed by atoms with van der Waals surface area (Å²) in [6, 6.07) is 9.28. The second-order valence-corrected chi connectivity index (χ2v) is 4.26. The van der Waals surface area contributed by atoms with Gasteiger partial charge in [0.1, 0.15) is 0 Å². The third-order valence-electron chi connectivity index (χ3n) is 2.85. The normalized spacial score (nSPS) is 19.1. The van der Waals surface area contributed by atoms with Gasteiger partial charge in [0.15, 0.2) is 0 Å². The fourth-order valence-corrected chi connectivity index (χ4v) is 1.87. The zero-order chi connectivity index (χ0) is 12.8. The van der Waals surface area contributed by atoms with Crippen molar-refractivity contribution in [1.29, 1.82) is 0 Å². The largest absolute Gasteiger partial charge is 0.353 e. The lowest BCUT2D eigenvalue weighted by Crippen LogP contribution is -2.54. The first-order valence-electron chi connectivity index (χ1n) is 6.07. The van der Waals surface area contributed by atoms with E-state index in [0.29, 0.717) is 19.6 Å². The number of hydrogen-bond acceptors (Lipinski definition) is 3. The van der Waals surface area contributed by atoms with Gasteiger partial charge < -0.3 is 16.0 Å². The predicted molar refractivity (Wildman–Crippen MR) is 67.7 cm³/mol. The summed E-state index contributed by atoms with van der Waals surface area (Å²) in [6.45, 7) is 1.83. The quantitative estimate of drug-likeness (QED) is 0.689. The summed E-state index contributed by atoms with van der Waals surface area (Å²) in [6.07, 6.45) is 0.179. The van der Waals surface area contributed by atoms with Gasteiger partial charge in [-0.15, -0.1) is 0 Å². The fraction of sp³-hybridized carbons (Fsp3) is 0.385. The highest BCUT2D eigenvalue weighted by molar-refractivity contribution is 5.88. The molecule has 2 amide bonds. The lowest BCUT2D eigenvalue weighted by atomic mass is 10.1. The van der Waals surface area contributed by atoms with Crippen molar-refractivity contribution in [3.05, 3.63) is 35.9 Å². The number of benzene rings is 1. The van der Waals surface area contributed by atoms with Gasteiger partial charge in [-0.1, -0.05) is 30.3 Å². The Morgan fingerprint density at radius 1 is 1.28 bits per heavy atom. The molecule has 1 unspecified atom stereocenters. The smallest absolute Gasteiger partial charge is 0.237 e. The minimum absolute atomic E-state index is 0.101. The summed E-state index contributed by atoms with van der Waals surface area (Å²) in [7, 11) is 0. The number of hydrogen-bond donors (Lipinski definition) is 3. The number of nitrogens with one attached hydrogen (secondary N) is 3. The monoisotopic (exact) mass is 247 g/mol. The zero-order valence-corrected chi connectivity index (χ0v) is 10.1. The Morgan fingerprint density at radius 3 is 2.78 bits per heavy atom. The highest BCUT2D eigenvalue weighted by Gasteiger charge is 2.23. The highest BCUT2D eigenvalue weighted by Crippen LogP contribution is 1.99. The number of carbonyl (C=O) groups excluding carboxylic acids is 2. The second kappa shape index (κ2) is 6.16. The molecule has 5 heteroatoms. The molecular weight excluding hydrogens is 230 g/mol. The molecule has 1 aromatic carbocycles. The molecule has 0 bridgehead atoms. The van der Waals surface area contributed by atoms with Crippen molar-refractivity contribution >= 4 is 11.8 Å². The van der Waals surface area contributed by atoms with Crippen LogP contribution < -0.4 is 16.0 Å². The van der Waals surface area contributed by atoms with Crippen molar-refractivity contribution in [2.24, 2.45) is 0 Å². The van der Waals surface area contributed by atoms with E-state index in [1.54, 1.807) is 0 Å². The molecule has 1 heterocycles. The van der Waals surface area contributed by atoms with Crippen molar-refractivity contribution in [3.8, 4) is 0 Å². The van der Waals surface area contributed by atoms with E-state index in [1.807, 2.05) is 30.3 Å². The molecule has 0 aliphatic carbocycles. The van der Waals surface area contributed by atoms with E-state index in [9.17, 15) is 9.59 Å². The Kier molecular flexibility index (Phi) is 4.30.